The number of hydrogen-bond acceptors (Lipinski definition) is 3. The third-order valence-electron chi connectivity index (χ3n) is 2.98. The van der Waals surface area contributed by atoms with Crippen LogP contribution in [0, 0.1) is 5.21 Å². The van der Waals surface area contributed by atoms with Gasteiger partial charge in [0.25, 0.3) is 0 Å². The molecule has 0 N–H and O–H groups in total. The summed E-state index contributed by atoms with van der Waals surface area (Å²) in [5.41, 5.74) is 2.96. The molecule has 0 fully saturated rings. The smallest absolute Gasteiger partial charge is 0.226 e. The van der Waals surface area contributed by atoms with Gasteiger partial charge in [-0.05, 0) is 36.4 Å². The highest BCUT2D eigenvalue weighted by atomic mass is 35.5. The van der Waals surface area contributed by atoms with E-state index in [0.29, 0.717) is 21.0 Å². The normalized spacial score (nSPS) is 10.8. The lowest BCUT2D eigenvalue weighted by atomic mass is 10.2. The molecule has 0 saturated heterocycles. The average Bonchev–Trinajstić information content (AvgIpc) is 2.46. The summed E-state index contributed by atoms with van der Waals surface area (Å²) in [7, 11) is 3.96. The van der Waals surface area contributed by atoms with Crippen LogP contribution in [-0.2, 0) is 0 Å². The Labute approximate surface area is 129 Å². The van der Waals surface area contributed by atoms with Crippen LogP contribution >= 0.6 is 11.6 Å². The van der Waals surface area contributed by atoms with Crippen molar-refractivity contribution in [2.24, 2.45) is 4.99 Å². The van der Waals surface area contributed by atoms with Crippen molar-refractivity contribution < 1.29 is 4.74 Å². The van der Waals surface area contributed by atoms with Crippen molar-refractivity contribution in [1.29, 1.82) is 0 Å². The zero-order valence-electron chi connectivity index (χ0n) is 12.0. The fourth-order valence-corrected chi connectivity index (χ4v) is 1.99. The molecule has 0 spiro atoms. The molecule has 2 aromatic rings. The van der Waals surface area contributed by atoms with Crippen LogP contribution in [0.5, 0.6) is 0 Å². The quantitative estimate of drug-likeness (QED) is 0.371. The molecule has 0 amide bonds. The molecule has 2 aromatic carbocycles. The largest absolute Gasteiger partial charge is 0.619 e. The van der Waals surface area contributed by atoms with Crippen LogP contribution in [0.25, 0.3) is 0 Å². The van der Waals surface area contributed by atoms with E-state index in [1.165, 1.54) is 0 Å². The Kier molecular flexibility index (Phi) is 4.60. The van der Waals surface area contributed by atoms with Crippen molar-refractivity contribution in [3.05, 3.63) is 58.3 Å². The van der Waals surface area contributed by atoms with Crippen LogP contribution in [0.3, 0.4) is 0 Å². The van der Waals surface area contributed by atoms with Gasteiger partial charge in [0.15, 0.2) is 0 Å². The van der Waals surface area contributed by atoms with E-state index < -0.39 is 0 Å². The van der Waals surface area contributed by atoms with Gasteiger partial charge in [-0.25, -0.2) is 0 Å². The first-order valence-corrected chi connectivity index (χ1v) is 6.74. The molecule has 2 rings (SSSR count). The predicted molar refractivity (Wildman–Crippen MR) is 89.9 cm³/mol. The maximum atomic E-state index is 11.4. The van der Waals surface area contributed by atoms with Gasteiger partial charge in [-0.3, -0.25) is 4.99 Å². The zero-order chi connectivity index (χ0) is 15.4. The highest BCUT2D eigenvalue weighted by Crippen LogP contribution is 2.23. The number of rotatable bonds is 4. The summed E-state index contributed by atoms with van der Waals surface area (Å²) in [6.45, 7) is 3.35. The number of anilines is 1. The molecule has 4 nitrogen and oxygen atoms in total. The van der Waals surface area contributed by atoms with Gasteiger partial charge in [0, 0.05) is 37.1 Å². The van der Waals surface area contributed by atoms with E-state index in [4.69, 9.17) is 11.6 Å². The lowest BCUT2D eigenvalue weighted by Gasteiger charge is -2.11. The van der Waals surface area contributed by atoms with Crippen LogP contribution in [0.1, 0.15) is 5.56 Å². The standard InChI is InChI=1S/C16H16ClN3O/c1-19(2)15-8-6-14(7-9-15)18-11-12-4-5-13(17)10-16(12)20(3)21/h4-11H,3H2,1-2H3. The summed E-state index contributed by atoms with van der Waals surface area (Å²) < 4.78 is 0.530. The van der Waals surface area contributed by atoms with Crippen LogP contribution in [0.15, 0.2) is 47.5 Å². The van der Waals surface area contributed by atoms with Crippen molar-refractivity contribution in [1.82, 2.24) is 0 Å². The van der Waals surface area contributed by atoms with E-state index in [1.54, 1.807) is 24.4 Å². The molecule has 0 bridgehead atoms. The van der Waals surface area contributed by atoms with E-state index in [2.05, 4.69) is 11.7 Å². The average molecular weight is 302 g/mol. The number of hydrogen-bond donors (Lipinski definition) is 0. The maximum absolute atomic E-state index is 11.4. The number of aliphatic imine (C=N–C) groups is 1. The minimum Gasteiger partial charge on any atom is -0.619 e. The van der Waals surface area contributed by atoms with Crippen molar-refractivity contribution in [2.75, 3.05) is 19.0 Å². The molecule has 0 heterocycles. The van der Waals surface area contributed by atoms with E-state index >= 15 is 0 Å². The highest BCUT2D eigenvalue weighted by Gasteiger charge is 2.07. The summed E-state index contributed by atoms with van der Waals surface area (Å²) in [6, 6.07) is 12.8. The molecule has 108 valence electrons. The first-order chi connectivity index (χ1) is 9.97. The summed E-state index contributed by atoms with van der Waals surface area (Å²) in [6.07, 6.45) is 1.63. The first kappa shape index (κ1) is 15.1. The zero-order valence-corrected chi connectivity index (χ0v) is 12.7. The molecular formula is C16H16ClN3O. The van der Waals surface area contributed by atoms with Gasteiger partial charge in [0.2, 0.25) is 5.69 Å². The molecule has 0 radical (unpaired) electrons. The van der Waals surface area contributed by atoms with Crippen LogP contribution in [0.4, 0.5) is 17.1 Å². The third kappa shape index (κ3) is 3.83. The van der Waals surface area contributed by atoms with Crippen molar-refractivity contribution in [3.63, 3.8) is 0 Å². The molecule has 0 saturated carbocycles. The topological polar surface area (TPSA) is 41.7 Å². The van der Waals surface area contributed by atoms with E-state index in [-0.39, 0.29) is 0 Å². The van der Waals surface area contributed by atoms with Gasteiger partial charge in [-0.2, -0.15) is 4.74 Å². The Morgan fingerprint density at radius 1 is 1.19 bits per heavy atom. The fraction of sp³-hybridized carbons (Fsp3) is 0.125. The summed E-state index contributed by atoms with van der Waals surface area (Å²) in [5.74, 6) is 0. The number of halogens is 1. The Morgan fingerprint density at radius 2 is 1.86 bits per heavy atom. The SMILES string of the molecule is C=[N+]([O-])c1cc(Cl)ccc1C=Nc1ccc(N(C)C)cc1. The molecule has 0 aliphatic heterocycles. The van der Waals surface area contributed by atoms with Gasteiger partial charge in [-0.15, -0.1) is 0 Å². The summed E-state index contributed by atoms with van der Waals surface area (Å²) in [5, 5.41) is 11.9. The molecule has 0 aromatic heterocycles. The molecule has 0 unspecified atom stereocenters. The van der Waals surface area contributed by atoms with Gasteiger partial charge < -0.3 is 10.1 Å². The molecule has 0 aliphatic carbocycles. The molecule has 0 aliphatic rings. The Balaban J connectivity index is 2.27. The Morgan fingerprint density at radius 3 is 2.43 bits per heavy atom. The van der Waals surface area contributed by atoms with Crippen molar-refractivity contribution >= 4 is 41.6 Å². The third-order valence-corrected chi connectivity index (χ3v) is 3.22. The highest BCUT2D eigenvalue weighted by molar-refractivity contribution is 6.30. The van der Waals surface area contributed by atoms with E-state index in [1.807, 2.05) is 43.3 Å². The van der Waals surface area contributed by atoms with Gasteiger partial charge in [0.1, 0.15) is 6.72 Å². The second-order valence-corrected chi connectivity index (χ2v) is 5.19. The summed E-state index contributed by atoms with van der Waals surface area (Å²) >= 11 is 5.88. The van der Waals surface area contributed by atoms with Crippen LogP contribution in [-0.4, -0.2) is 31.8 Å². The number of benzene rings is 2. The summed E-state index contributed by atoms with van der Waals surface area (Å²) in [4.78, 5) is 6.39. The number of nitrogens with zero attached hydrogens (tertiary/aromatic N) is 3. The molecule has 21 heavy (non-hydrogen) atoms. The van der Waals surface area contributed by atoms with E-state index in [0.717, 1.165) is 11.4 Å². The van der Waals surface area contributed by atoms with Crippen molar-refractivity contribution in [3.8, 4) is 0 Å². The van der Waals surface area contributed by atoms with Gasteiger partial charge in [0.05, 0.1) is 11.3 Å². The van der Waals surface area contributed by atoms with Crippen molar-refractivity contribution in [2.45, 2.75) is 0 Å². The molecular weight excluding hydrogens is 286 g/mol. The van der Waals surface area contributed by atoms with E-state index in [9.17, 15) is 5.21 Å². The maximum Gasteiger partial charge on any atom is 0.226 e. The minimum atomic E-state index is 0.385. The molecule has 5 heteroatoms. The van der Waals surface area contributed by atoms with Gasteiger partial charge in [-0.1, -0.05) is 11.6 Å². The Bertz CT molecular complexity index is 678. The Hall–Kier alpha value is -2.33. The van der Waals surface area contributed by atoms with Crippen LogP contribution in [0.2, 0.25) is 5.02 Å². The lowest BCUT2D eigenvalue weighted by molar-refractivity contribution is -0.350. The molecule has 0 atom stereocenters. The van der Waals surface area contributed by atoms with Crippen LogP contribution < -0.4 is 4.90 Å². The van der Waals surface area contributed by atoms with Gasteiger partial charge >= 0.3 is 0 Å². The predicted octanol–water partition coefficient (Wildman–Crippen LogP) is 4.00. The monoisotopic (exact) mass is 301 g/mol. The first-order valence-electron chi connectivity index (χ1n) is 6.36. The second-order valence-electron chi connectivity index (χ2n) is 4.75. The fourth-order valence-electron chi connectivity index (χ4n) is 1.82. The lowest BCUT2D eigenvalue weighted by Crippen LogP contribution is -2.07. The second kappa shape index (κ2) is 6.41. The minimum absolute atomic E-state index is 0.385.